The lowest BCUT2D eigenvalue weighted by Crippen LogP contribution is -2.48. The van der Waals surface area contributed by atoms with E-state index in [1.54, 1.807) is 19.1 Å². The van der Waals surface area contributed by atoms with Gasteiger partial charge in [0.15, 0.2) is 0 Å². The lowest BCUT2D eigenvalue weighted by molar-refractivity contribution is -0.132. The number of carbonyl (C=O) groups excluding carboxylic acids is 2. The fourth-order valence-electron chi connectivity index (χ4n) is 2.51. The summed E-state index contributed by atoms with van der Waals surface area (Å²) in [6, 6.07) is 6.39. The molecule has 1 aliphatic rings. The topological polar surface area (TPSA) is 66.6 Å². The summed E-state index contributed by atoms with van der Waals surface area (Å²) in [6.45, 7) is 4.47. The van der Waals surface area contributed by atoms with Crippen LogP contribution >= 0.6 is 0 Å². The van der Waals surface area contributed by atoms with Crippen molar-refractivity contribution in [3.63, 3.8) is 0 Å². The van der Waals surface area contributed by atoms with Crippen LogP contribution in [-0.4, -0.2) is 42.9 Å². The van der Waals surface area contributed by atoms with Gasteiger partial charge in [-0.15, -0.1) is 0 Å². The molecule has 1 fully saturated rings. The minimum absolute atomic E-state index is 0.0619. The van der Waals surface area contributed by atoms with Crippen LogP contribution in [0.15, 0.2) is 24.3 Å². The van der Waals surface area contributed by atoms with E-state index < -0.39 is 0 Å². The smallest absolute Gasteiger partial charge is 0.222 e. The maximum atomic E-state index is 12.9. The van der Waals surface area contributed by atoms with Crippen LogP contribution < -0.4 is 10.6 Å². The van der Waals surface area contributed by atoms with Gasteiger partial charge in [-0.1, -0.05) is 6.92 Å². The number of halogens is 1. The van der Waals surface area contributed by atoms with Crippen LogP contribution in [0.3, 0.4) is 0 Å². The quantitative estimate of drug-likeness (QED) is 0.893. The fourth-order valence-corrected chi connectivity index (χ4v) is 2.51. The molecule has 1 aromatic rings. The van der Waals surface area contributed by atoms with Gasteiger partial charge in [-0.05, 0) is 30.7 Å². The number of piperazine rings is 1. The van der Waals surface area contributed by atoms with Crippen molar-refractivity contribution in [2.24, 2.45) is 11.7 Å². The first kappa shape index (κ1) is 16.3. The lowest BCUT2D eigenvalue weighted by atomic mass is 10.0. The average molecular weight is 307 g/mol. The normalized spacial score (nSPS) is 16.5. The van der Waals surface area contributed by atoms with Gasteiger partial charge in [-0.3, -0.25) is 9.59 Å². The van der Waals surface area contributed by atoms with Gasteiger partial charge in [0, 0.05) is 44.2 Å². The fraction of sp³-hybridized carbons (Fsp3) is 0.500. The van der Waals surface area contributed by atoms with Crippen LogP contribution in [0.25, 0.3) is 0 Å². The number of anilines is 1. The van der Waals surface area contributed by atoms with Crippen molar-refractivity contribution in [1.29, 1.82) is 0 Å². The number of amides is 2. The first-order valence-corrected chi connectivity index (χ1v) is 7.55. The molecule has 2 N–H and O–H groups in total. The molecule has 0 bridgehead atoms. The minimum Gasteiger partial charge on any atom is -0.369 e. The maximum absolute atomic E-state index is 12.9. The molecule has 2 rings (SSSR count). The van der Waals surface area contributed by atoms with E-state index in [1.807, 2.05) is 4.90 Å². The third kappa shape index (κ3) is 4.19. The molecule has 0 spiro atoms. The average Bonchev–Trinajstić information content (AvgIpc) is 2.53. The zero-order valence-corrected chi connectivity index (χ0v) is 12.8. The summed E-state index contributed by atoms with van der Waals surface area (Å²) in [4.78, 5) is 27.0. The Balaban J connectivity index is 1.80. The van der Waals surface area contributed by atoms with Crippen LogP contribution in [0, 0.1) is 11.7 Å². The highest BCUT2D eigenvalue weighted by atomic mass is 19.1. The molecule has 1 aliphatic heterocycles. The third-order valence-corrected chi connectivity index (χ3v) is 4.10. The predicted octanol–water partition coefficient (Wildman–Crippen LogP) is 1.38. The van der Waals surface area contributed by atoms with Crippen molar-refractivity contribution >= 4 is 17.5 Å². The second kappa shape index (κ2) is 7.24. The number of benzene rings is 1. The Bertz CT molecular complexity index is 525. The van der Waals surface area contributed by atoms with Crippen molar-refractivity contribution in [3.8, 4) is 0 Å². The Hall–Kier alpha value is -2.11. The number of hydrogen-bond donors (Lipinski definition) is 1. The summed E-state index contributed by atoms with van der Waals surface area (Å²) in [5.74, 6) is -0.827. The van der Waals surface area contributed by atoms with Crippen LogP contribution in [-0.2, 0) is 9.59 Å². The molecular weight excluding hydrogens is 285 g/mol. The highest BCUT2D eigenvalue weighted by Crippen LogP contribution is 2.17. The molecule has 0 saturated carbocycles. The Morgan fingerprint density at radius 1 is 1.18 bits per heavy atom. The van der Waals surface area contributed by atoms with Gasteiger partial charge in [0.2, 0.25) is 11.8 Å². The molecule has 120 valence electrons. The summed E-state index contributed by atoms with van der Waals surface area (Å²) >= 11 is 0. The molecule has 0 aromatic heterocycles. The predicted molar refractivity (Wildman–Crippen MR) is 82.8 cm³/mol. The Morgan fingerprint density at radius 2 is 1.77 bits per heavy atom. The van der Waals surface area contributed by atoms with Gasteiger partial charge in [0.1, 0.15) is 5.82 Å². The molecule has 0 unspecified atom stereocenters. The molecule has 6 heteroatoms. The highest BCUT2D eigenvalue weighted by Gasteiger charge is 2.22. The van der Waals surface area contributed by atoms with Crippen molar-refractivity contribution in [1.82, 2.24) is 4.90 Å². The van der Waals surface area contributed by atoms with E-state index in [0.717, 1.165) is 18.8 Å². The minimum atomic E-state index is -0.367. The lowest BCUT2D eigenvalue weighted by Gasteiger charge is -2.36. The standard InChI is InChI=1S/C16H22FN3O2/c1-12(16(18)22)2-7-15(21)20-10-8-19(9-11-20)14-5-3-13(17)4-6-14/h3-6,12H,2,7-11H2,1H3,(H2,18,22)/t12-/m0/s1. The molecular formula is C16H22FN3O2. The second-order valence-electron chi connectivity index (χ2n) is 5.69. The van der Waals surface area contributed by atoms with E-state index in [4.69, 9.17) is 5.73 Å². The number of rotatable bonds is 5. The van der Waals surface area contributed by atoms with Crippen LogP contribution in [0.2, 0.25) is 0 Å². The van der Waals surface area contributed by atoms with Crippen molar-refractivity contribution < 1.29 is 14.0 Å². The number of hydrogen-bond acceptors (Lipinski definition) is 3. The van der Waals surface area contributed by atoms with E-state index >= 15 is 0 Å². The molecule has 0 aliphatic carbocycles. The molecule has 2 amide bonds. The largest absolute Gasteiger partial charge is 0.369 e. The monoisotopic (exact) mass is 307 g/mol. The zero-order chi connectivity index (χ0) is 16.1. The molecule has 1 aromatic carbocycles. The number of carbonyl (C=O) groups is 2. The SMILES string of the molecule is C[C@@H](CCC(=O)N1CCN(c2ccc(F)cc2)CC1)C(N)=O. The molecule has 5 nitrogen and oxygen atoms in total. The summed E-state index contributed by atoms with van der Waals surface area (Å²) in [6.07, 6.45) is 0.840. The third-order valence-electron chi connectivity index (χ3n) is 4.10. The van der Waals surface area contributed by atoms with Gasteiger partial charge < -0.3 is 15.5 Å². The van der Waals surface area contributed by atoms with Gasteiger partial charge in [-0.2, -0.15) is 0 Å². The summed E-state index contributed by atoms with van der Waals surface area (Å²) in [5, 5.41) is 0. The van der Waals surface area contributed by atoms with Crippen LogP contribution in [0.5, 0.6) is 0 Å². The maximum Gasteiger partial charge on any atom is 0.222 e. The van der Waals surface area contributed by atoms with Gasteiger partial charge in [-0.25, -0.2) is 4.39 Å². The number of primary amides is 1. The Kier molecular flexibility index (Phi) is 5.35. The van der Waals surface area contributed by atoms with E-state index in [-0.39, 0.29) is 23.5 Å². The van der Waals surface area contributed by atoms with Crippen LogP contribution in [0.1, 0.15) is 19.8 Å². The van der Waals surface area contributed by atoms with Crippen molar-refractivity contribution in [2.75, 3.05) is 31.1 Å². The molecule has 1 heterocycles. The van der Waals surface area contributed by atoms with Crippen molar-refractivity contribution in [3.05, 3.63) is 30.1 Å². The summed E-state index contributed by atoms with van der Waals surface area (Å²) in [7, 11) is 0. The van der Waals surface area contributed by atoms with Gasteiger partial charge >= 0.3 is 0 Å². The first-order chi connectivity index (χ1) is 10.5. The Morgan fingerprint density at radius 3 is 2.32 bits per heavy atom. The van der Waals surface area contributed by atoms with E-state index in [9.17, 15) is 14.0 Å². The Labute approximate surface area is 129 Å². The molecule has 1 saturated heterocycles. The highest BCUT2D eigenvalue weighted by molar-refractivity contribution is 5.79. The first-order valence-electron chi connectivity index (χ1n) is 7.55. The summed E-state index contributed by atoms with van der Waals surface area (Å²) in [5.41, 5.74) is 6.17. The molecule has 1 atom stereocenters. The van der Waals surface area contributed by atoms with Crippen molar-refractivity contribution in [2.45, 2.75) is 19.8 Å². The van der Waals surface area contributed by atoms with E-state index in [2.05, 4.69) is 4.90 Å². The van der Waals surface area contributed by atoms with E-state index in [0.29, 0.717) is 25.9 Å². The number of nitrogens with zero attached hydrogens (tertiary/aromatic N) is 2. The second-order valence-corrected chi connectivity index (χ2v) is 5.69. The molecule has 22 heavy (non-hydrogen) atoms. The van der Waals surface area contributed by atoms with Crippen LogP contribution in [0.4, 0.5) is 10.1 Å². The summed E-state index contributed by atoms with van der Waals surface area (Å²) < 4.78 is 12.9. The molecule has 0 radical (unpaired) electrons. The van der Waals surface area contributed by atoms with E-state index in [1.165, 1.54) is 12.1 Å². The zero-order valence-electron chi connectivity index (χ0n) is 12.8. The number of nitrogens with two attached hydrogens (primary N) is 1. The van der Waals surface area contributed by atoms with Gasteiger partial charge in [0.05, 0.1) is 0 Å². The van der Waals surface area contributed by atoms with Gasteiger partial charge in [0.25, 0.3) is 0 Å².